The molecule has 1 aliphatic heterocycles. The molecule has 2 aliphatic rings. The van der Waals surface area contributed by atoms with Crippen molar-refractivity contribution in [1.82, 2.24) is 9.80 Å². The maximum Gasteiger partial charge on any atom is 0.250 e. The van der Waals surface area contributed by atoms with E-state index in [2.05, 4.69) is 6.92 Å². The average Bonchev–Trinajstić information content (AvgIpc) is 2.92. The predicted octanol–water partition coefficient (Wildman–Crippen LogP) is 4.06. The van der Waals surface area contributed by atoms with E-state index in [4.69, 9.17) is 0 Å². The number of nitrogens with zero attached hydrogens (tertiary/aromatic N) is 2. The normalized spacial score (nSPS) is 22.6. The Morgan fingerprint density at radius 2 is 1.69 bits per heavy atom. The molecule has 5 heteroatoms. The van der Waals surface area contributed by atoms with Crippen molar-refractivity contribution >= 4 is 11.8 Å². The third-order valence-electron chi connectivity index (χ3n) is 5.66. The molecule has 1 heterocycles. The lowest BCUT2D eigenvalue weighted by molar-refractivity contribution is -0.159. The van der Waals surface area contributed by atoms with Gasteiger partial charge in [0.05, 0.1) is 0 Å². The molecule has 1 unspecified atom stereocenters. The van der Waals surface area contributed by atoms with Crippen LogP contribution in [0, 0.1) is 5.82 Å². The summed E-state index contributed by atoms with van der Waals surface area (Å²) < 4.78 is 13.4. The minimum Gasteiger partial charge on any atom is -0.328 e. The first-order chi connectivity index (χ1) is 12.6. The highest BCUT2D eigenvalue weighted by atomic mass is 19.1. The first kappa shape index (κ1) is 18.9. The van der Waals surface area contributed by atoms with Crippen LogP contribution in [0.3, 0.4) is 0 Å². The molecule has 0 aromatic heterocycles. The van der Waals surface area contributed by atoms with Gasteiger partial charge in [0.15, 0.2) is 0 Å². The average molecular weight is 360 g/mol. The number of hydrogen-bond donors (Lipinski definition) is 0. The van der Waals surface area contributed by atoms with Gasteiger partial charge in [0, 0.05) is 12.6 Å². The van der Waals surface area contributed by atoms with Crippen molar-refractivity contribution in [2.45, 2.75) is 70.4 Å². The molecular weight excluding hydrogens is 331 g/mol. The second-order valence-corrected chi connectivity index (χ2v) is 7.51. The summed E-state index contributed by atoms with van der Waals surface area (Å²) in [6, 6.07) is 5.56. The van der Waals surface area contributed by atoms with Crippen molar-refractivity contribution in [3.05, 3.63) is 35.6 Å². The minimum atomic E-state index is -0.619. The van der Waals surface area contributed by atoms with Gasteiger partial charge in [-0.2, -0.15) is 0 Å². The van der Waals surface area contributed by atoms with E-state index in [1.807, 2.05) is 4.90 Å². The maximum absolute atomic E-state index is 13.4. The van der Waals surface area contributed by atoms with Crippen LogP contribution in [-0.2, 0) is 9.59 Å². The van der Waals surface area contributed by atoms with Crippen LogP contribution in [0.1, 0.15) is 69.9 Å². The molecule has 1 saturated carbocycles. The van der Waals surface area contributed by atoms with Crippen LogP contribution in [0.25, 0.3) is 0 Å². The van der Waals surface area contributed by atoms with E-state index in [-0.39, 0.29) is 30.2 Å². The molecule has 26 heavy (non-hydrogen) atoms. The third-order valence-corrected chi connectivity index (χ3v) is 5.66. The zero-order valence-electron chi connectivity index (χ0n) is 15.6. The summed E-state index contributed by atoms with van der Waals surface area (Å²) in [7, 11) is 0. The predicted molar refractivity (Wildman–Crippen MR) is 99.0 cm³/mol. The van der Waals surface area contributed by atoms with E-state index in [0.717, 1.165) is 38.5 Å². The molecule has 4 nitrogen and oxygen atoms in total. The summed E-state index contributed by atoms with van der Waals surface area (Å²) in [5, 5.41) is 0. The fourth-order valence-electron chi connectivity index (χ4n) is 4.18. The van der Waals surface area contributed by atoms with E-state index >= 15 is 0 Å². The second kappa shape index (κ2) is 8.65. The van der Waals surface area contributed by atoms with Gasteiger partial charge in [0.2, 0.25) is 5.91 Å². The lowest BCUT2D eigenvalue weighted by Gasteiger charge is -2.43. The first-order valence-corrected chi connectivity index (χ1v) is 9.97. The van der Waals surface area contributed by atoms with Crippen LogP contribution < -0.4 is 0 Å². The van der Waals surface area contributed by atoms with Crippen LogP contribution in [-0.4, -0.2) is 40.7 Å². The smallest absolute Gasteiger partial charge is 0.250 e. The van der Waals surface area contributed by atoms with Gasteiger partial charge in [0.1, 0.15) is 18.4 Å². The molecule has 1 atom stereocenters. The van der Waals surface area contributed by atoms with Crippen molar-refractivity contribution in [1.29, 1.82) is 0 Å². The van der Waals surface area contributed by atoms with E-state index < -0.39 is 6.04 Å². The molecule has 0 N–H and O–H groups in total. The van der Waals surface area contributed by atoms with Crippen molar-refractivity contribution in [3.63, 3.8) is 0 Å². The summed E-state index contributed by atoms with van der Waals surface area (Å²) in [4.78, 5) is 29.8. The SMILES string of the molecule is CCCCN1C(=O)CN(C2CCCCCC2)C(=O)C1c1ccc(F)cc1. The van der Waals surface area contributed by atoms with Crippen molar-refractivity contribution in [3.8, 4) is 0 Å². The number of halogens is 1. The highest BCUT2D eigenvalue weighted by molar-refractivity contribution is 5.95. The molecule has 2 amide bonds. The molecule has 0 radical (unpaired) electrons. The number of piperazine rings is 1. The van der Waals surface area contributed by atoms with Gasteiger partial charge >= 0.3 is 0 Å². The molecule has 3 rings (SSSR count). The Kier molecular flexibility index (Phi) is 6.28. The third kappa shape index (κ3) is 4.08. The fourth-order valence-corrected chi connectivity index (χ4v) is 4.18. The highest BCUT2D eigenvalue weighted by Gasteiger charge is 2.42. The Labute approximate surface area is 155 Å². The van der Waals surface area contributed by atoms with Crippen molar-refractivity contribution in [2.75, 3.05) is 13.1 Å². The number of benzene rings is 1. The van der Waals surface area contributed by atoms with E-state index in [1.54, 1.807) is 17.0 Å². The number of carbonyl (C=O) groups is 2. The van der Waals surface area contributed by atoms with Crippen molar-refractivity contribution < 1.29 is 14.0 Å². The van der Waals surface area contributed by atoms with Crippen molar-refractivity contribution in [2.24, 2.45) is 0 Å². The van der Waals surface area contributed by atoms with Crippen LogP contribution in [0.5, 0.6) is 0 Å². The summed E-state index contributed by atoms with van der Waals surface area (Å²) >= 11 is 0. The molecule has 0 spiro atoms. The second-order valence-electron chi connectivity index (χ2n) is 7.51. The number of carbonyl (C=O) groups excluding carboxylic acids is 2. The zero-order valence-corrected chi connectivity index (χ0v) is 15.6. The van der Waals surface area contributed by atoms with E-state index in [9.17, 15) is 14.0 Å². The molecule has 1 aromatic rings. The van der Waals surface area contributed by atoms with Gasteiger partial charge in [-0.3, -0.25) is 9.59 Å². The Bertz CT molecular complexity index is 623. The van der Waals surface area contributed by atoms with Gasteiger partial charge in [-0.15, -0.1) is 0 Å². The van der Waals surface area contributed by atoms with Crippen LogP contribution in [0.15, 0.2) is 24.3 Å². The highest BCUT2D eigenvalue weighted by Crippen LogP contribution is 2.32. The number of amides is 2. The van der Waals surface area contributed by atoms with Gasteiger partial charge in [-0.25, -0.2) is 4.39 Å². The molecular formula is C21H29FN2O2. The summed E-state index contributed by atoms with van der Waals surface area (Å²) in [5.41, 5.74) is 0.708. The number of unbranched alkanes of at least 4 members (excludes halogenated alkanes) is 1. The summed E-state index contributed by atoms with van der Waals surface area (Å²) in [6.45, 7) is 2.83. The van der Waals surface area contributed by atoms with E-state index in [1.165, 1.54) is 25.0 Å². The maximum atomic E-state index is 13.4. The fraction of sp³-hybridized carbons (Fsp3) is 0.619. The van der Waals surface area contributed by atoms with Crippen LogP contribution >= 0.6 is 0 Å². The number of rotatable bonds is 5. The molecule has 2 fully saturated rings. The lowest BCUT2D eigenvalue weighted by atomic mass is 9.97. The number of hydrogen-bond acceptors (Lipinski definition) is 2. The van der Waals surface area contributed by atoms with Gasteiger partial charge in [0.25, 0.3) is 5.91 Å². The topological polar surface area (TPSA) is 40.6 Å². The Morgan fingerprint density at radius 1 is 1.04 bits per heavy atom. The minimum absolute atomic E-state index is 0.000730. The molecule has 1 aromatic carbocycles. The quantitative estimate of drug-likeness (QED) is 0.743. The summed E-state index contributed by atoms with van der Waals surface area (Å²) in [5.74, 6) is -0.320. The Morgan fingerprint density at radius 3 is 2.31 bits per heavy atom. The largest absolute Gasteiger partial charge is 0.328 e. The van der Waals surface area contributed by atoms with Gasteiger partial charge < -0.3 is 9.80 Å². The van der Waals surface area contributed by atoms with Gasteiger partial charge in [-0.05, 0) is 37.0 Å². The van der Waals surface area contributed by atoms with Crippen LogP contribution in [0.2, 0.25) is 0 Å². The standard InChI is InChI=1S/C21H29FN2O2/c1-2-3-14-23-19(25)15-24(18-8-6-4-5-7-9-18)21(26)20(23)16-10-12-17(22)13-11-16/h10-13,18,20H,2-9,14-15H2,1H3. The van der Waals surface area contributed by atoms with Crippen LogP contribution in [0.4, 0.5) is 4.39 Å². The van der Waals surface area contributed by atoms with E-state index in [0.29, 0.717) is 12.1 Å². The Hall–Kier alpha value is -1.91. The molecule has 1 saturated heterocycles. The van der Waals surface area contributed by atoms with Gasteiger partial charge in [-0.1, -0.05) is 51.2 Å². The summed E-state index contributed by atoms with van der Waals surface area (Å²) in [6.07, 6.45) is 8.41. The monoisotopic (exact) mass is 360 g/mol. The molecule has 1 aliphatic carbocycles. The molecule has 142 valence electrons. The lowest BCUT2D eigenvalue weighted by Crippen LogP contribution is -2.58. The first-order valence-electron chi connectivity index (χ1n) is 9.97. The zero-order chi connectivity index (χ0) is 18.5. The Balaban J connectivity index is 1.89. The molecule has 0 bridgehead atoms.